The van der Waals surface area contributed by atoms with Crippen LogP contribution in [0.15, 0.2) is 18.2 Å². The van der Waals surface area contributed by atoms with Crippen LogP contribution in [0.5, 0.6) is 0 Å². The van der Waals surface area contributed by atoms with Gasteiger partial charge in [0.15, 0.2) is 0 Å². The molecule has 1 aliphatic heterocycles. The Hall–Kier alpha value is -1.09. The molecule has 0 saturated carbocycles. The highest BCUT2D eigenvalue weighted by Gasteiger charge is 2.21. The zero-order valence-electron chi connectivity index (χ0n) is 10.8. The summed E-state index contributed by atoms with van der Waals surface area (Å²) in [5.41, 5.74) is 1.75. The van der Waals surface area contributed by atoms with Gasteiger partial charge in [-0.05, 0) is 44.0 Å². The van der Waals surface area contributed by atoms with Gasteiger partial charge in [0, 0.05) is 19.1 Å². The highest BCUT2D eigenvalue weighted by atomic mass is 19.1. The van der Waals surface area contributed by atoms with Crippen molar-refractivity contribution in [3.05, 3.63) is 29.6 Å². The summed E-state index contributed by atoms with van der Waals surface area (Å²) in [6.07, 6.45) is 1.16. The van der Waals surface area contributed by atoms with Crippen LogP contribution in [0.2, 0.25) is 0 Å². The van der Waals surface area contributed by atoms with Crippen molar-refractivity contribution in [2.45, 2.75) is 26.3 Å². The van der Waals surface area contributed by atoms with E-state index in [1.165, 1.54) is 0 Å². The second kappa shape index (κ2) is 5.05. The summed E-state index contributed by atoms with van der Waals surface area (Å²) < 4.78 is 14.1. The third kappa shape index (κ3) is 2.60. The van der Waals surface area contributed by atoms with Crippen LogP contribution in [0.3, 0.4) is 0 Å². The lowest BCUT2D eigenvalue weighted by Crippen LogP contribution is -2.21. The fraction of sp³-hybridized carbons (Fsp3) is 0.571. The van der Waals surface area contributed by atoms with E-state index in [1.807, 2.05) is 26.1 Å². The van der Waals surface area contributed by atoms with E-state index in [0.29, 0.717) is 5.92 Å². The molecule has 0 radical (unpaired) electrons. The van der Waals surface area contributed by atoms with Gasteiger partial charge < -0.3 is 10.2 Å². The summed E-state index contributed by atoms with van der Waals surface area (Å²) in [6, 6.07) is 5.77. The largest absolute Gasteiger partial charge is 0.369 e. The number of halogens is 1. The van der Waals surface area contributed by atoms with Gasteiger partial charge in [0.25, 0.3) is 0 Å². The van der Waals surface area contributed by atoms with E-state index in [0.717, 1.165) is 30.8 Å². The maximum atomic E-state index is 14.1. The van der Waals surface area contributed by atoms with E-state index in [-0.39, 0.29) is 11.9 Å². The molecule has 2 atom stereocenters. The first-order valence-corrected chi connectivity index (χ1v) is 6.33. The molecule has 1 aromatic carbocycles. The van der Waals surface area contributed by atoms with Crippen LogP contribution >= 0.6 is 0 Å². The number of rotatable bonds is 3. The van der Waals surface area contributed by atoms with Gasteiger partial charge in [0.05, 0.1) is 5.69 Å². The Kier molecular flexibility index (Phi) is 3.67. The van der Waals surface area contributed by atoms with E-state index in [9.17, 15) is 4.39 Å². The van der Waals surface area contributed by atoms with Gasteiger partial charge in [-0.1, -0.05) is 13.0 Å². The Balaban J connectivity index is 2.20. The first-order valence-electron chi connectivity index (χ1n) is 6.33. The van der Waals surface area contributed by atoms with Gasteiger partial charge in [-0.3, -0.25) is 0 Å². The molecule has 2 nitrogen and oxygen atoms in total. The molecule has 0 aromatic heterocycles. The predicted octanol–water partition coefficient (Wildman–Crippen LogP) is 2.95. The Morgan fingerprint density at radius 1 is 1.47 bits per heavy atom. The van der Waals surface area contributed by atoms with Crippen molar-refractivity contribution in [3.63, 3.8) is 0 Å². The number of hydrogen-bond acceptors (Lipinski definition) is 2. The summed E-state index contributed by atoms with van der Waals surface area (Å²) in [6.45, 7) is 6.19. The van der Waals surface area contributed by atoms with Crippen LogP contribution in [-0.4, -0.2) is 20.1 Å². The van der Waals surface area contributed by atoms with Crippen LogP contribution in [-0.2, 0) is 0 Å². The zero-order chi connectivity index (χ0) is 12.4. The summed E-state index contributed by atoms with van der Waals surface area (Å²) in [5.74, 6) is 0.573. The fourth-order valence-electron chi connectivity index (χ4n) is 2.37. The molecule has 17 heavy (non-hydrogen) atoms. The maximum Gasteiger partial charge on any atom is 0.146 e. The second-order valence-corrected chi connectivity index (χ2v) is 5.06. The fourth-order valence-corrected chi connectivity index (χ4v) is 2.37. The zero-order valence-corrected chi connectivity index (χ0v) is 10.8. The van der Waals surface area contributed by atoms with Gasteiger partial charge in [0.2, 0.25) is 0 Å². The molecule has 2 unspecified atom stereocenters. The van der Waals surface area contributed by atoms with Crippen LogP contribution < -0.4 is 10.2 Å². The van der Waals surface area contributed by atoms with Crippen LogP contribution in [0, 0.1) is 11.7 Å². The molecule has 0 amide bonds. The van der Waals surface area contributed by atoms with E-state index in [2.05, 4.69) is 17.1 Å². The monoisotopic (exact) mass is 236 g/mol. The topological polar surface area (TPSA) is 15.3 Å². The Morgan fingerprint density at radius 2 is 2.24 bits per heavy atom. The van der Waals surface area contributed by atoms with Gasteiger partial charge >= 0.3 is 0 Å². The molecule has 0 spiro atoms. The lowest BCUT2D eigenvalue weighted by Gasteiger charge is -2.20. The molecule has 1 aliphatic rings. The van der Waals surface area contributed by atoms with E-state index in [1.54, 1.807) is 6.07 Å². The number of benzene rings is 1. The third-order valence-electron chi connectivity index (χ3n) is 3.67. The summed E-state index contributed by atoms with van der Waals surface area (Å²) >= 11 is 0. The van der Waals surface area contributed by atoms with Crippen molar-refractivity contribution in [1.29, 1.82) is 0 Å². The van der Waals surface area contributed by atoms with Gasteiger partial charge in [0.1, 0.15) is 5.82 Å². The Labute approximate surface area is 103 Å². The van der Waals surface area contributed by atoms with Gasteiger partial charge in [-0.15, -0.1) is 0 Å². The van der Waals surface area contributed by atoms with E-state index >= 15 is 0 Å². The highest BCUT2D eigenvalue weighted by Crippen LogP contribution is 2.28. The molecule has 0 aliphatic carbocycles. The standard InChI is InChI=1S/C14H21FN2/c1-10-6-7-17(9-10)14-5-4-12(8-13(14)15)11(2)16-3/h4-5,8,10-11,16H,6-7,9H2,1-3H3. The lowest BCUT2D eigenvalue weighted by molar-refractivity contribution is 0.603. The van der Waals surface area contributed by atoms with E-state index < -0.39 is 0 Å². The molecule has 1 aromatic rings. The van der Waals surface area contributed by atoms with Crippen molar-refractivity contribution < 1.29 is 4.39 Å². The molecule has 3 heteroatoms. The number of nitrogens with zero attached hydrogens (tertiary/aromatic N) is 1. The quantitative estimate of drug-likeness (QED) is 0.868. The smallest absolute Gasteiger partial charge is 0.146 e. The lowest BCUT2D eigenvalue weighted by atomic mass is 10.1. The summed E-state index contributed by atoms with van der Waals surface area (Å²) in [5, 5.41) is 3.12. The Bertz CT molecular complexity index is 392. The number of hydrogen-bond donors (Lipinski definition) is 1. The molecular formula is C14H21FN2. The first-order chi connectivity index (χ1) is 8.11. The van der Waals surface area contributed by atoms with E-state index in [4.69, 9.17) is 0 Å². The number of anilines is 1. The van der Waals surface area contributed by atoms with Crippen LogP contribution in [0.25, 0.3) is 0 Å². The van der Waals surface area contributed by atoms with Crippen LogP contribution in [0.4, 0.5) is 10.1 Å². The van der Waals surface area contributed by atoms with Crippen molar-refractivity contribution in [1.82, 2.24) is 5.32 Å². The summed E-state index contributed by atoms with van der Waals surface area (Å²) in [4.78, 5) is 2.15. The molecular weight excluding hydrogens is 215 g/mol. The van der Waals surface area contributed by atoms with Gasteiger partial charge in [-0.25, -0.2) is 4.39 Å². The molecule has 0 bridgehead atoms. The molecule has 1 N–H and O–H groups in total. The average Bonchev–Trinajstić information content (AvgIpc) is 2.74. The van der Waals surface area contributed by atoms with Gasteiger partial charge in [-0.2, -0.15) is 0 Å². The average molecular weight is 236 g/mol. The molecule has 1 saturated heterocycles. The molecule has 2 rings (SSSR count). The third-order valence-corrected chi connectivity index (χ3v) is 3.67. The summed E-state index contributed by atoms with van der Waals surface area (Å²) in [7, 11) is 1.89. The number of nitrogens with one attached hydrogen (secondary N) is 1. The predicted molar refractivity (Wildman–Crippen MR) is 69.9 cm³/mol. The molecule has 1 heterocycles. The highest BCUT2D eigenvalue weighted by molar-refractivity contribution is 5.50. The van der Waals surface area contributed by atoms with Crippen molar-refractivity contribution >= 4 is 5.69 Å². The van der Waals surface area contributed by atoms with Crippen molar-refractivity contribution in [3.8, 4) is 0 Å². The normalized spacial score (nSPS) is 21.9. The minimum absolute atomic E-state index is 0.0984. The Morgan fingerprint density at radius 3 is 2.76 bits per heavy atom. The first kappa shape index (κ1) is 12.4. The second-order valence-electron chi connectivity index (χ2n) is 5.06. The molecule has 1 fully saturated rings. The van der Waals surface area contributed by atoms with Crippen LogP contribution in [0.1, 0.15) is 31.9 Å². The van der Waals surface area contributed by atoms with Crippen molar-refractivity contribution in [2.24, 2.45) is 5.92 Å². The SMILES string of the molecule is CNC(C)c1ccc(N2CCC(C)C2)c(F)c1. The minimum Gasteiger partial charge on any atom is -0.369 e. The molecule has 94 valence electrons. The minimum atomic E-state index is -0.0984. The maximum absolute atomic E-state index is 14.1. The van der Waals surface area contributed by atoms with Crippen molar-refractivity contribution in [2.75, 3.05) is 25.0 Å².